The average molecular weight is 278 g/mol. The van der Waals surface area contributed by atoms with Gasteiger partial charge < -0.3 is 20.5 Å². The summed E-state index contributed by atoms with van der Waals surface area (Å²) in [6.07, 6.45) is 0. The number of nitrogens with zero attached hydrogens (tertiary/aromatic N) is 1. The SMILES string of the molecule is CN(C(=O)[C@@H](N)c1ccccc1)C1COCC1C(=O)O. The van der Waals surface area contributed by atoms with Crippen LogP contribution in [-0.2, 0) is 14.3 Å². The number of hydrogen-bond donors (Lipinski definition) is 2. The Morgan fingerprint density at radius 3 is 2.60 bits per heavy atom. The van der Waals surface area contributed by atoms with E-state index in [0.717, 1.165) is 0 Å². The molecule has 20 heavy (non-hydrogen) atoms. The molecule has 3 N–H and O–H groups in total. The molecule has 1 fully saturated rings. The topological polar surface area (TPSA) is 92.9 Å². The van der Waals surface area contributed by atoms with E-state index in [2.05, 4.69) is 0 Å². The number of ether oxygens (including phenoxy) is 1. The van der Waals surface area contributed by atoms with E-state index in [0.29, 0.717) is 5.56 Å². The molecular formula is C14H18N2O4. The summed E-state index contributed by atoms with van der Waals surface area (Å²) in [5.74, 6) is -1.97. The molecule has 0 aliphatic carbocycles. The van der Waals surface area contributed by atoms with Gasteiger partial charge in [0.1, 0.15) is 12.0 Å². The van der Waals surface area contributed by atoms with Crippen LogP contribution in [0.15, 0.2) is 30.3 Å². The smallest absolute Gasteiger partial charge is 0.311 e. The molecule has 1 heterocycles. The maximum Gasteiger partial charge on any atom is 0.311 e. The van der Waals surface area contributed by atoms with Crippen molar-refractivity contribution in [2.24, 2.45) is 11.7 Å². The summed E-state index contributed by atoms with van der Waals surface area (Å²) in [5, 5.41) is 9.12. The highest BCUT2D eigenvalue weighted by atomic mass is 16.5. The van der Waals surface area contributed by atoms with Crippen molar-refractivity contribution in [3.8, 4) is 0 Å². The number of hydrogen-bond acceptors (Lipinski definition) is 4. The number of carbonyl (C=O) groups excluding carboxylic acids is 1. The molecule has 1 aromatic carbocycles. The van der Waals surface area contributed by atoms with Gasteiger partial charge in [-0.2, -0.15) is 0 Å². The van der Waals surface area contributed by atoms with Crippen LogP contribution in [-0.4, -0.2) is 48.2 Å². The minimum Gasteiger partial charge on any atom is -0.481 e. The number of amides is 1. The minimum absolute atomic E-state index is 0.123. The van der Waals surface area contributed by atoms with Gasteiger partial charge in [-0.25, -0.2) is 0 Å². The van der Waals surface area contributed by atoms with Crippen LogP contribution in [0.3, 0.4) is 0 Å². The average Bonchev–Trinajstić information content (AvgIpc) is 2.95. The van der Waals surface area contributed by atoms with Crippen molar-refractivity contribution in [3.63, 3.8) is 0 Å². The van der Waals surface area contributed by atoms with Crippen molar-refractivity contribution in [2.45, 2.75) is 12.1 Å². The summed E-state index contributed by atoms with van der Waals surface area (Å²) < 4.78 is 5.17. The molecule has 0 bridgehead atoms. The number of carboxylic acids is 1. The summed E-state index contributed by atoms with van der Waals surface area (Å²) in [5.41, 5.74) is 6.65. The van der Waals surface area contributed by atoms with E-state index in [4.69, 9.17) is 15.6 Å². The number of aliphatic carboxylic acids is 1. The molecule has 1 aromatic rings. The predicted octanol–water partition coefficient (Wildman–Crippen LogP) is 0.244. The Labute approximate surface area is 117 Å². The van der Waals surface area contributed by atoms with Crippen molar-refractivity contribution in [2.75, 3.05) is 20.3 Å². The number of nitrogens with two attached hydrogens (primary N) is 1. The zero-order valence-electron chi connectivity index (χ0n) is 11.2. The van der Waals surface area contributed by atoms with Gasteiger partial charge in [-0.1, -0.05) is 30.3 Å². The first-order valence-corrected chi connectivity index (χ1v) is 6.40. The van der Waals surface area contributed by atoms with Crippen molar-refractivity contribution in [1.82, 2.24) is 4.90 Å². The lowest BCUT2D eigenvalue weighted by Crippen LogP contribution is -2.47. The number of benzene rings is 1. The Balaban J connectivity index is 2.10. The molecule has 1 amide bonds. The normalized spacial score (nSPS) is 23.3. The van der Waals surface area contributed by atoms with E-state index in [1.165, 1.54) is 4.90 Å². The van der Waals surface area contributed by atoms with E-state index in [1.54, 1.807) is 31.3 Å². The third-order valence-electron chi connectivity index (χ3n) is 3.64. The number of carboxylic acid groups (broad SMARTS) is 1. The third-order valence-corrected chi connectivity index (χ3v) is 3.64. The van der Waals surface area contributed by atoms with Crippen LogP contribution in [0.25, 0.3) is 0 Å². The largest absolute Gasteiger partial charge is 0.481 e. The molecule has 108 valence electrons. The van der Waals surface area contributed by atoms with Gasteiger partial charge in [-0.05, 0) is 5.56 Å². The molecule has 1 saturated heterocycles. The lowest BCUT2D eigenvalue weighted by molar-refractivity contribution is -0.144. The fourth-order valence-corrected chi connectivity index (χ4v) is 2.35. The predicted molar refractivity (Wildman–Crippen MR) is 71.9 cm³/mol. The van der Waals surface area contributed by atoms with Crippen molar-refractivity contribution in [3.05, 3.63) is 35.9 Å². The van der Waals surface area contributed by atoms with Crippen molar-refractivity contribution < 1.29 is 19.4 Å². The minimum atomic E-state index is -0.958. The molecule has 0 spiro atoms. The maximum absolute atomic E-state index is 12.4. The monoisotopic (exact) mass is 278 g/mol. The van der Waals surface area contributed by atoms with Crippen LogP contribution < -0.4 is 5.73 Å². The Bertz CT molecular complexity index is 491. The maximum atomic E-state index is 12.4. The Morgan fingerprint density at radius 2 is 2.00 bits per heavy atom. The first-order chi connectivity index (χ1) is 9.52. The lowest BCUT2D eigenvalue weighted by Gasteiger charge is -2.28. The van der Waals surface area contributed by atoms with Crippen LogP contribution >= 0.6 is 0 Å². The van der Waals surface area contributed by atoms with Crippen LogP contribution in [0.2, 0.25) is 0 Å². The first-order valence-electron chi connectivity index (χ1n) is 6.40. The van der Waals surface area contributed by atoms with Gasteiger partial charge in [0.05, 0.1) is 19.3 Å². The fourth-order valence-electron chi connectivity index (χ4n) is 2.35. The summed E-state index contributed by atoms with van der Waals surface area (Å²) >= 11 is 0. The highest BCUT2D eigenvalue weighted by Gasteiger charge is 2.39. The van der Waals surface area contributed by atoms with Gasteiger partial charge >= 0.3 is 5.97 Å². The Morgan fingerprint density at radius 1 is 1.35 bits per heavy atom. The van der Waals surface area contributed by atoms with E-state index >= 15 is 0 Å². The molecule has 6 heteroatoms. The van der Waals surface area contributed by atoms with Gasteiger partial charge in [0.2, 0.25) is 5.91 Å². The van der Waals surface area contributed by atoms with Gasteiger partial charge in [0.15, 0.2) is 0 Å². The highest BCUT2D eigenvalue weighted by Crippen LogP contribution is 2.22. The molecule has 6 nitrogen and oxygen atoms in total. The van der Waals surface area contributed by atoms with Crippen molar-refractivity contribution in [1.29, 1.82) is 0 Å². The van der Waals surface area contributed by atoms with Crippen LogP contribution in [0.5, 0.6) is 0 Å². The molecular weight excluding hydrogens is 260 g/mol. The highest BCUT2D eigenvalue weighted by molar-refractivity contribution is 5.84. The van der Waals surface area contributed by atoms with Crippen LogP contribution in [0.1, 0.15) is 11.6 Å². The summed E-state index contributed by atoms with van der Waals surface area (Å²) in [4.78, 5) is 24.9. The van der Waals surface area contributed by atoms with E-state index in [-0.39, 0.29) is 19.1 Å². The standard InChI is InChI=1S/C14H18N2O4/c1-16(11-8-20-7-10(11)14(18)19)13(17)12(15)9-5-3-2-4-6-9/h2-6,10-12H,7-8,15H2,1H3,(H,18,19)/t10?,11?,12-/m0/s1. The second-order valence-corrected chi connectivity index (χ2v) is 4.89. The molecule has 0 aromatic heterocycles. The van der Waals surface area contributed by atoms with Gasteiger partial charge in [0, 0.05) is 7.05 Å². The van der Waals surface area contributed by atoms with Gasteiger partial charge in [-0.3, -0.25) is 9.59 Å². The van der Waals surface area contributed by atoms with Crippen LogP contribution in [0.4, 0.5) is 0 Å². The molecule has 1 aliphatic rings. The Kier molecular flexibility index (Phi) is 4.36. The zero-order valence-corrected chi connectivity index (χ0v) is 11.2. The molecule has 2 rings (SSSR count). The number of carbonyl (C=O) groups is 2. The quantitative estimate of drug-likeness (QED) is 0.823. The van der Waals surface area contributed by atoms with E-state index < -0.39 is 24.0 Å². The summed E-state index contributed by atoms with van der Waals surface area (Å²) in [7, 11) is 1.57. The molecule has 2 unspecified atom stereocenters. The number of likely N-dealkylation sites (N-methyl/N-ethyl adjacent to an activating group) is 1. The lowest BCUT2D eigenvalue weighted by atomic mass is 10.0. The third kappa shape index (κ3) is 2.81. The molecule has 1 aliphatic heterocycles. The van der Waals surface area contributed by atoms with E-state index in [1.807, 2.05) is 6.07 Å². The van der Waals surface area contributed by atoms with E-state index in [9.17, 15) is 9.59 Å². The summed E-state index contributed by atoms with van der Waals surface area (Å²) in [6, 6.07) is 7.73. The van der Waals surface area contributed by atoms with Gasteiger partial charge in [-0.15, -0.1) is 0 Å². The van der Waals surface area contributed by atoms with Crippen LogP contribution in [0, 0.1) is 5.92 Å². The van der Waals surface area contributed by atoms with Crippen molar-refractivity contribution >= 4 is 11.9 Å². The first kappa shape index (κ1) is 14.5. The zero-order chi connectivity index (χ0) is 14.7. The van der Waals surface area contributed by atoms with Gasteiger partial charge in [0.25, 0.3) is 0 Å². The molecule has 0 radical (unpaired) electrons. The number of rotatable bonds is 4. The summed E-state index contributed by atoms with van der Waals surface area (Å²) in [6.45, 7) is 0.346. The molecule has 3 atom stereocenters. The second kappa shape index (κ2) is 6.02. The Hall–Kier alpha value is -1.92. The fraction of sp³-hybridized carbons (Fsp3) is 0.429. The molecule has 0 saturated carbocycles. The second-order valence-electron chi connectivity index (χ2n) is 4.89.